The van der Waals surface area contributed by atoms with E-state index in [9.17, 15) is 9.59 Å². The molecule has 32 heavy (non-hydrogen) atoms. The van der Waals surface area contributed by atoms with Gasteiger partial charge in [0.25, 0.3) is 11.5 Å². The number of hydrogen-bond acceptors (Lipinski definition) is 3. The Morgan fingerprint density at radius 3 is 2.69 bits per heavy atom. The summed E-state index contributed by atoms with van der Waals surface area (Å²) >= 11 is 0. The molecule has 0 aliphatic carbocycles. The summed E-state index contributed by atoms with van der Waals surface area (Å²) < 4.78 is 1.57. The van der Waals surface area contributed by atoms with Crippen LogP contribution in [0.4, 0.5) is 0 Å². The first kappa shape index (κ1) is 19.8. The SMILES string of the molecule is O=C(NCCc1c[nH]c2ccccc12)c1cc2cccnc2n(Cc2ccccc2)c1=O. The second kappa shape index (κ2) is 8.51. The van der Waals surface area contributed by atoms with Crippen LogP contribution in [0.3, 0.4) is 0 Å². The fourth-order valence-electron chi connectivity index (χ4n) is 4.03. The van der Waals surface area contributed by atoms with Crippen molar-refractivity contribution in [3.63, 3.8) is 0 Å². The number of carbonyl (C=O) groups is 1. The molecule has 2 aromatic carbocycles. The van der Waals surface area contributed by atoms with E-state index in [0.29, 0.717) is 25.2 Å². The van der Waals surface area contributed by atoms with Crippen LogP contribution in [0.5, 0.6) is 0 Å². The molecular weight excluding hydrogens is 400 g/mol. The zero-order chi connectivity index (χ0) is 21.9. The second-order valence-electron chi connectivity index (χ2n) is 7.72. The van der Waals surface area contributed by atoms with Crippen LogP contribution in [-0.4, -0.2) is 27.0 Å². The molecule has 0 unspecified atom stereocenters. The summed E-state index contributed by atoms with van der Waals surface area (Å²) in [5, 5.41) is 4.81. The Morgan fingerprint density at radius 1 is 1.00 bits per heavy atom. The van der Waals surface area contributed by atoms with E-state index in [1.165, 1.54) is 0 Å². The molecule has 5 rings (SSSR count). The van der Waals surface area contributed by atoms with Crippen molar-refractivity contribution in [3.05, 3.63) is 112 Å². The first-order valence-corrected chi connectivity index (χ1v) is 10.6. The largest absolute Gasteiger partial charge is 0.361 e. The molecular formula is C26H22N4O2. The summed E-state index contributed by atoms with van der Waals surface area (Å²) in [6, 6.07) is 23.1. The Morgan fingerprint density at radius 2 is 1.81 bits per heavy atom. The fraction of sp³-hybridized carbons (Fsp3) is 0.115. The standard InChI is InChI=1S/C26H22N4O2/c31-25(28-14-12-20-16-29-23-11-5-4-10-21(20)23)22-15-19-9-6-13-27-24(19)30(26(22)32)17-18-7-2-1-3-8-18/h1-11,13,15-16,29H,12,14,17H2,(H,28,31). The number of H-pyrrole nitrogens is 1. The Bertz CT molecular complexity index is 1470. The van der Waals surface area contributed by atoms with Crippen molar-refractivity contribution in [3.8, 4) is 0 Å². The summed E-state index contributed by atoms with van der Waals surface area (Å²) in [6.07, 6.45) is 4.29. The summed E-state index contributed by atoms with van der Waals surface area (Å²) in [5.74, 6) is -0.373. The number of amides is 1. The van der Waals surface area contributed by atoms with Crippen LogP contribution >= 0.6 is 0 Å². The van der Waals surface area contributed by atoms with Crippen molar-refractivity contribution in [1.82, 2.24) is 19.9 Å². The van der Waals surface area contributed by atoms with E-state index < -0.39 is 0 Å². The third kappa shape index (κ3) is 3.78. The van der Waals surface area contributed by atoms with Crippen LogP contribution in [-0.2, 0) is 13.0 Å². The second-order valence-corrected chi connectivity index (χ2v) is 7.72. The maximum Gasteiger partial charge on any atom is 0.265 e. The van der Waals surface area contributed by atoms with Crippen LogP contribution in [0, 0.1) is 0 Å². The van der Waals surface area contributed by atoms with E-state index in [4.69, 9.17) is 0 Å². The predicted molar refractivity (Wildman–Crippen MR) is 126 cm³/mol. The smallest absolute Gasteiger partial charge is 0.265 e. The zero-order valence-corrected chi connectivity index (χ0v) is 17.4. The molecule has 3 heterocycles. The Labute approximate surface area is 184 Å². The number of benzene rings is 2. The topological polar surface area (TPSA) is 79.8 Å². The van der Waals surface area contributed by atoms with Crippen LogP contribution in [0.2, 0.25) is 0 Å². The third-order valence-corrected chi connectivity index (χ3v) is 5.63. The molecule has 6 nitrogen and oxygen atoms in total. The Kier molecular flexibility index (Phi) is 5.25. The number of aromatic amines is 1. The molecule has 0 aliphatic rings. The van der Waals surface area contributed by atoms with Gasteiger partial charge in [0.15, 0.2) is 0 Å². The van der Waals surface area contributed by atoms with Gasteiger partial charge in [-0.25, -0.2) is 4.98 Å². The maximum absolute atomic E-state index is 13.3. The first-order valence-electron chi connectivity index (χ1n) is 10.6. The van der Waals surface area contributed by atoms with Crippen molar-refractivity contribution in [2.75, 3.05) is 6.54 Å². The van der Waals surface area contributed by atoms with Gasteiger partial charge in [0, 0.05) is 35.2 Å². The lowest BCUT2D eigenvalue weighted by atomic mass is 10.1. The van der Waals surface area contributed by atoms with E-state index in [2.05, 4.69) is 21.4 Å². The molecule has 3 aromatic heterocycles. The molecule has 5 aromatic rings. The maximum atomic E-state index is 13.3. The van der Waals surface area contributed by atoms with Gasteiger partial charge in [0.1, 0.15) is 11.2 Å². The molecule has 0 saturated carbocycles. The van der Waals surface area contributed by atoms with E-state index >= 15 is 0 Å². The lowest BCUT2D eigenvalue weighted by Crippen LogP contribution is -2.34. The van der Waals surface area contributed by atoms with Crippen molar-refractivity contribution < 1.29 is 4.79 Å². The highest BCUT2D eigenvalue weighted by atomic mass is 16.2. The number of para-hydroxylation sites is 1. The van der Waals surface area contributed by atoms with Gasteiger partial charge in [-0.2, -0.15) is 0 Å². The van der Waals surface area contributed by atoms with Crippen molar-refractivity contribution in [2.24, 2.45) is 0 Å². The molecule has 158 valence electrons. The molecule has 6 heteroatoms. The van der Waals surface area contributed by atoms with Crippen LogP contribution in [0.1, 0.15) is 21.5 Å². The van der Waals surface area contributed by atoms with Gasteiger partial charge in [-0.3, -0.25) is 14.2 Å². The van der Waals surface area contributed by atoms with Gasteiger partial charge in [0.2, 0.25) is 0 Å². The molecule has 1 amide bonds. The molecule has 0 radical (unpaired) electrons. The monoisotopic (exact) mass is 422 g/mol. The molecule has 0 fully saturated rings. The van der Waals surface area contributed by atoms with E-state index in [0.717, 1.165) is 27.4 Å². The summed E-state index contributed by atoms with van der Waals surface area (Å²) in [7, 11) is 0. The number of rotatable bonds is 6. The van der Waals surface area contributed by atoms with E-state index in [1.807, 2.05) is 60.8 Å². The highest BCUT2D eigenvalue weighted by Gasteiger charge is 2.16. The molecule has 0 spiro atoms. The zero-order valence-electron chi connectivity index (χ0n) is 17.4. The van der Waals surface area contributed by atoms with Crippen LogP contribution < -0.4 is 10.9 Å². The molecule has 0 bridgehead atoms. The molecule has 2 N–H and O–H groups in total. The number of nitrogens with zero attached hydrogens (tertiary/aromatic N) is 2. The number of carbonyl (C=O) groups excluding carboxylic acids is 1. The minimum atomic E-state index is -0.373. The average Bonchev–Trinajstić information content (AvgIpc) is 3.24. The Balaban J connectivity index is 1.41. The number of fused-ring (bicyclic) bond motifs is 2. The van der Waals surface area contributed by atoms with Crippen molar-refractivity contribution >= 4 is 27.8 Å². The minimum absolute atomic E-state index is 0.125. The third-order valence-electron chi connectivity index (χ3n) is 5.63. The van der Waals surface area contributed by atoms with Gasteiger partial charge in [-0.1, -0.05) is 48.5 Å². The van der Waals surface area contributed by atoms with Crippen molar-refractivity contribution in [2.45, 2.75) is 13.0 Å². The van der Waals surface area contributed by atoms with E-state index in [-0.39, 0.29) is 17.0 Å². The highest BCUT2D eigenvalue weighted by Crippen LogP contribution is 2.18. The first-order chi connectivity index (χ1) is 15.7. The van der Waals surface area contributed by atoms with Gasteiger partial charge in [-0.15, -0.1) is 0 Å². The molecule has 0 saturated heterocycles. The van der Waals surface area contributed by atoms with E-state index in [1.54, 1.807) is 22.9 Å². The van der Waals surface area contributed by atoms with Crippen molar-refractivity contribution in [1.29, 1.82) is 0 Å². The number of hydrogen-bond donors (Lipinski definition) is 2. The van der Waals surface area contributed by atoms with Gasteiger partial charge in [-0.05, 0) is 41.8 Å². The van der Waals surface area contributed by atoms with Gasteiger partial charge >= 0.3 is 0 Å². The molecule has 0 atom stereocenters. The predicted octanol–water partition coefficient (Wildman–Crippen LogP) is 3.90. The Hall–Kier alpha value is -4.19. The molecule has 0 aliphatic heterocycles. The summed E-state index contributed by atoms with van der Waals surface area (Å²) in [5.41, 5.74) is 3.52. The van der Waals surface area contributed by atoms with Gasteiger partial charge in [0.05, 0.1) is 6.54 Å². The van der Waals surface area contributed by atoms with Gasteiger partial charge < -0.3 is 10.3 Å². The number of pyridine rings is 2. The number of aromatic nitrogens is 3. The fourth-order valence-corrected chi connectivity index (χ4v) is 4.03. The minimum Gasteiger partial charge on any atom is -0.361 e. The summed E-state index contributed by atoms with van der Waals surface area (Å²) in [6.45, 7) is 0.785. The number of nitrogens with one attached hydrogen (secondary N) is 2. The highest BCUT2D eigenvalue weighted by molar-refractivity contribution is 5.97. The normalized spacial score (nSPS) is 11.1. The average molecular weight is 422 g/mol. The summed E-state index contributed by atoms with van der Waals surface area (Å²) in [4.78, 5) is 33.8. The lowest BCUT2D eigenvalue weighted by molar-refractivity contribution is 0.0952. The quantitative estimate of drug-likeness (QED) is 0.436. The van der Waals surface area contributed by atoms with Crippen LogP contribution in [0.25, 0.3) is 21.9 Å². The lowest BCUT2D eigenvalue weighted by Gasteiger charge is -2.12. The van der Waals surface area contributed by atoms with Crippen LogP contribution in [0.15, 0.2) is 90.0 Å².